The average Bonchev–Trinajstić information content (AvgIpc) is 3.14. The van der Waals surface area contributed by atoms with Gasteiger partial charge in [0.2, 0.25) is 0 Å². The van der Waals surface area contributed by atoms with Crippen LogP contribution in [0, 0.1) is 0 Å². The van der Waals surface area contributed by atoms with Crippen LogP contribution in [0.3, 0.4) is 0 Å². The predicted molar refractivity (Wildman–Crippen MR) is 107 cm³/mol. The maximum atomic E-state index is 11.9. The van der Waals surface area contributed by atoms with Gasteiger partial charge in [-0.2, -0.15) is 9.61 Å². The van der Waals surface area contributed by atoms with Gasteiger partial charge in [-0.05, 0) is 12.1 Å². The third kappa shape index (κ3) is 3.80. The van der Waals surface area contributed by atoms with Crippen molar-refractivity contribution in [3.63, 3.8) is 0 Å². The van der Waals surface area contributed by atoms with Gasteiger partial charge >= 0.3 is 6.03 Å². The molecular weight excluding hydrogens is 378 g/mol. The minimum Gasteiger partial charge on any atom is -0.486 e. The zero-order valence-electron chi connectivity index (χ0n) is 15.7. The zero-order valence-corrected chi connectivity index (χ0v) is 15.7. The number of nitrogens with one attached hydrogen (secondary N) is 4. The van der Waals surface area contributed by atoms with Crippen LogP contribution in [-0.4, -0.2) is 59.1 Å². The molecule has 0 fully saturated rings. The van der Waals surface area contributed by atoms with E-state index in [4.69, 9.17) is 14.6 Å². The molecule has 0 bridgehead atoms. The maximum Gasteiger partial charge on any atom is 0.319 e. The van der Waals surface area contributed by atoms with E-state index in [1.165, 1.54) is 6.20 Å². The number of amides is 2. The van der Waals surface area contributed by atoms with Crippen LogP contribution >= 0.6 is 0 Å². The first-order valence-electron chi connectivity index (χ1n) is 9.07. The fourth-order valence-corrected chi connectivity index (χ4v) is 2.94. The van der Waals surface area contributed by atoms with Crippen molar-refractivity contribution < 1.29 is 19.4 Å². The molecule has 11 nitrogen and oxygen atoms in total. The largest absolute Gasteiger partial charge is 0.486 e. The molecule has 29 heavy (non-hydrogen) atoms. The number of rotatable bonds is 6. The normalized spacial score (nSPS) is 12.5. The molecule has 152 valence electrons. The first kappa shape index (κ1) is 18.6. The van der Waals surface area contributed by atoms with Crippen LogP contribution in [0.4, 0.5) is 27.8 Å². The van der Waals surface area contributed by atoms with Gasteiger partial charge in [0, 0.05) is 19.7 Å². The number of aliphatic hydroxyl groups is 1. The number of aliphatic hydroxyl groups excluding tert-OH is 1. The number of anilines is 4. The lowest BCUT2D eigenvalue weighted by Crippen LogP contribution is -2.30. The predicted octanol–water partition coefficient (Wildman–Crippen LogP) is 1.40. The van der Waals surface area contributed by atoms with Crippen LogP contribution < -0.4 is 30.7 Å². The maximum absolute atomic E-state index is 11.9. The summed E-state index contributed by atoms with van der Waals surface area (Å²) >= 11 is 0. The Labute approximate surface area is 166 Å². The topological polar surface area (TPSA) is 134 Å². The Hall–Kier alpha value is -3.73. The standard InChI is InChI=1S/C18H21N7O4/c1-19-15-9-14(22-11-3-2-4-13-16(11)29-8-7-28-13)24-17-12(10-21-25(15)17)23-18(27)20-5-6-26/h2-4,9-10,19,26H,5-8H2,1H3,(H,22,24)(H2,20,23,27). The van der Waals surface area contributed by atoms with Crippen molar-refractivity contribution in [2.24, 2.45) is 0 Å². The van der Waals surface area contributed by atoms with Gasteiger partial charge in [0.05, 0.1) is 18.5 Å². The van der Waals surface area contributed by atoms with E-state index in [1.807, 2.05) is 18.2 Å². The summed E-state index contributed by atoms with van der Waals surface area (Å²) in [5, 5.41) is 24.6. The summed E-state index contributed by atoms with van der Waals surface area (Å²) in [5.74, 6) is 2.50. The Balaban J connectivity index is 1.67. The van der Waals surface area contributed by atoms with Crippen LogP contribution in [0.5, 0.6) is 11.5 Å². The first-order chi connectivity index (χ1) is 14.2. The molecule has 3 heterocycles. The number of aromatic nitrogens is 3. The molecule has 0 unspecified atom stereocenters. The second kappa shape index (κ2) is 8.10. The van der Waals surface area contributed by atoms with Crippen LogP contribution in [0.2, 0.25) is 0 Å². The zero-order chi connectivity index (χ0) is 20.2. The van der Waals surface area contributed by atoms with Gasteiger partial charge in [0.25, 0.3) is 0 Å². The summed E-state index contributed by atoms with van der Waals surface area (Å²) in [4.78, 5) is 16.5. The molecule has 2 aromatic heterocycles. The van der Waals surface area contributed by atoms with Gasteiger partial charge in [-0.3, -0.25) is 0 Å². The lowest BCUT2D eigenvalue weighted by molar-refractivity contribution is 0.172. The highest BCUT2D eigenvalue weighted by Crippen LogP contribution is 2.38. The van der Waals surface area contributed by atoms with Crippen LogP contribution in [0.15, 0.2) is 30.5 Å². The quantitative estimate of drug-likeness (QED) is 0.420. The van der Waals surface area contributed by atoms with E-state index in [1.54, 1.807) is 17.6 Å². The first-order valence-corrected chi connectivity index (χ1v) is 9.07. The van der Waals surface area contributed by atoms with E-state index in [9.17, 15) is 4.79 Å². The summed E-state index contributed by atoms with van der Waals surface area (Å²) in [7, 11) is 1.77. The number of carbonyl (C=O) groups is 1. The molecule has 11 heteroatoms. The lowest BCUT2D eigenvalue weighted by atomic mass is 10.2. The number of hydrogen-bond acceptors (Lipinski definition) is 8. The Morgan fingerprint density at radius 2 is 2.14 bits per heavy atom. The van der Waals surface area contributed by atoms with Crippen molar-refractivity contribution in [2.45, 2.75) is 0 Å². The van der Waals surface area contributed by atoms with Crippen LogP contribution in [-0.2, 0) is 0 Å². The van der Waals surface area contributed by atoms with Crippen LogP contribution in [0.25, 0.3) is 5.65 Å². The van der Waals surface area contributed by atoms with Crippen molar-refractivity contribution >= 4 is 34.7 Å². The van der Waals surface area contributed by atoms with E-state index in [0.717, 1.165) is 5.69 Å². The summed E-state index contributed by atoms with van der Waals surface area (Å²) < 4.78 is 12.9. The molecule has 0 aliphatic carbocycles. The van der Waals surface area contributed by atoms with Gasteiger partial charge in [0.1, 0.15) is 30.5 Å². The minimum atomic E-state index is -0.456. The molecule has 1 aliphatic rings. The number of carbonyl (C=O) groups excluding carboxylic acids is 1. The van der Waals surface area contributed by atoms with Crippen molar-refractivity contribution in [1.29, 1.82) is 0 Å². The second-order valence-corrected chi connectivity index (χ2v) is 6.13. The Morgan fingerprint density at radius 3 is 2.97 bits per heavy atom. The van der Waals surface area contributed by atoms with Gasteiger partial charge in [-0.1, -0.05) is 6.07 Å². The molecule has 1 aromatic carbocycles. The number of hydrogen-bond donors (Lipinski definition) is 5. The molecule has 4 rings (SSSR count). The van der Waals surface area contributed by atoms with E-state index < -0.39 is 6.03 Å². The Morgan fingerprint density at radius 1 is 1.28 bits per heavy atom. The molecular formula is C18H21N7O4. The van der Waals surface area contributed by atoms with Crippen molar-refractivity contribution in [3.05, 3.63) is 30.5 Å². The SMILES string of the molecule is CNc1cc(Nc2cccc3c2OCCO3)nc2c(NC(=O)NCCO)cnn12. The lowest BCUT2D eigenvalue weighted by Gasteiger charge is -2.21. The summed E-state index contributed by atoms with van der Waals surface area (Å²) in [6.45, 7) is 0.979. The average molecular weight is 399 g/mol. The number of ether oxygens (including phenoxy) is 2. The highest BCUT2D eigenvalue weighted by atomic mass is 16.6. The monoisotopic (exact) mass is 399 g/mol. The van der Waals surface area contributed by atoms with Crippen LogP contribution in [0.1, 0.15) is 0 Å². The van der Waals surface area contributed by atoms with E-state index in [0.29, 0.717) is 47.7 Å². The van der Waals surface area contributed by atoms with Crippen molar-refractivity contribution in [1.82, 2.24) is 19.9 Å². The number of para-hydroxylation sites is 1. The fraction of sp³-hybridized carbons (Fsp3) is 0.278. The van der Waals surface area contributed by atoms with Crippen molar-refractivity contribution in [2.75, 3.05) is 49.4 Å². The van der Waals surface area contributed by atoms with E-state index in [2.05, 4.69) is 31.3 Å². The molecule has 1 aliphatic heterocycles. The molecule has 2 amide bonds. The minimum absolute atomic E-state index is 0.147. The molecule has 5 N–H and O–H groups in total. The number of fused-ring (bicyclic) bond motifs is 2. The fourth-order valence-electron chi connectivity index (χ4n) is 2.94. The third-order valence-corrected chi connectivity index (χ3v) is 4.20. The number of urea groups is 1. The van der Waals surface area contributed by atoms with E-state index >= 15 is 0 Å². The van der Waals surface area contributed by atoms with Gasteiger partial charge in [-0.25, -0.2) is 9.78 Å². The molecule has 0 radical (unpaired) electrons. The smallest absolute Gasteiger partial charge is 0.319 e. The highest BCUT2D eigenvalue weighted by molar-refractivity contribution is 5.93. The third-order valence-electron chi connectivity index (χ3n) is 4.20. The molecule has 0 saturated carbocycles. The summed E-state index contributed by atoms with van der Waals surface area (Å²) in [6, 6.07) is 6.92. The second-order valence-electron chi connectivity index (χ2n) is 6.13. The Bertz CT molecular complexity index is 1040. The van der Waals surface area contributed by atoms with Gasteiger partial charge < -0.3 is 35.8 Å². The number of benzene rings is 1. The molecule has 0 atom stereocenters. The van der Waals surface area contributed by atoms with Gasteiger partial charge in [0.15, 0.2) is 17.1 Å². The van der Waals surface area contributed by atoms with Crippen molar-refractivity contribution in [3.8, 4) is 11.5 Å². The Kier molecular flexibility index (Phi) is 5.20. The molecule has 0 saturated heterocycles. The molecule has 3 aromatic rings. The summed E-state index contributed by atoms with van der Waals surface area (Å²) in [6.07, 6.45) is 1.51. The number of nitrogens with zero attached hydrogens (tertiary/aromatic N) is 3. The van der Waals surface area contributed by atoms with Gasteiger partial charge in [-0.15, -0.1) is 0 Å². The summed E-state index contributed by atoms with van der Waals surface area (Å²) in [5.41, 5.74) is 1.59. The molecule has 0 spiro atoms. The van der Waals surface area contributed by atoms with E-state index in [-0.39, 0.29) is 13.2 Å². The highest BCUT2D eigenvalue weighted by Gasteiger charge is 2.18.